The molecule has 0 aliphatic rings. The molecule has 0 saturated carbocycles. The fraction of sp³-hybridized carbons (Fsp3) is 0.333. The maximum Gasteiger partial charge on any atom is 0.0598 e. The van der Waals surface area contributed by atoms with Gasteiger partial charge in [0.2, 0.25) is 0 Å². The third kappa shape index (κ3) is 3.21. The lowest BCUT2D eigenvalue weighted by Crippen LogP contribution is -2.15. The molecule has 2 atom stereocenters. The zero-order chi connectivity index (χ0) is 14.8. The summed E-state index contributed by atoms with van der Waals surface area (Å²) in [6.45, 7) is 6.60. The van der Waals surface area contributed by atoms with Gasteiger partial charge in [0, 0.05) is 5.02 Å². The molecule has 20 heavy (non-hydrogen) atoms. The molecule has 2 heteroatoms. The molecular weight excluding hydrogens is 284 g/mol. The molecule has 0 amide bonds. The van der Waals surface area contributed by atoms with Crippen molar-refractivity contribution in [1.29, 1.82) is 0 Å². The molecule has 0 fully saturated rings. The van der Waals surface area contributed by atoms with Crippen LogP contribution in [0.2, 0.25) is 5.02 Å². The highest BCUT2D eigenvalue weighted by atomic mass is 35.5. The van der Waals surface area contributed by atoms with Gasteiger partial charge in [-0.3, -0.25) is 0 Å². The first-order chi connectivity index (χ1) is 9.45. The van der Waals surface area contributed by atoms with Crippen LogP contribution >= 0.6 is 24.2 Å². The summed E-state index contributed by atoms with van der Waals surface area (Å²) in [4.78, 5) is 0. The van der Waals surface area contributed by atoms with E-state index in [-0.39, 0.29) is 4.75 Å². The summed E-state index contributed by atoms with van der Waals surface area (Å²) in [6, 6.07) is 16.7. The van der Waals surface area contributed by atoms with E-state index >= 15 is 0 Å². The van der Waals surface area contributed by atoms with Gasteiger partial charge >= 0.3 is 0 Å². The Morgan fingerprint density at radius 2 is 1.45 bits per heavy atom. The molecule has 2 rings (SSSR count). The fourth-order valence-electron chi connectivity index (χ4n) is 2.31. The molecule has 0 bridgehead atoms. The van der Waals surface area contributed by atoms with Crippen molar-refractivity contribution >= 4 is 24.2 Å². The van der Waals surface area contributed by atoms with Crippen molar-refractivity contribution in [1.82, 2.24) is 0 Å². The Labute approximate surface area is 132 Å². The maximum atomic E-state index is 5.95. The van der Waals surface area contributed by atoms with Crippen LogP contribution in [0.15, 0.2) is 48.5 Å². The monoisotopic (exact) mass is 304 g/mol. The van der Waals surface area contributed by atoms with Gasteiger partial charge in [-0.1, -0.05) is 61.8 Å². The summed E-state index contributed by atoms with van der Waals surface area (Å²) < 4.78 is -0.307. The molecule has 2 aromatic carbocycles. The first-order valence-corrected chi connectivity index (χ1v) is 7.86. The van der Waals surface area contributed by atoms with Gasteiger partial charge in [-0.25, -0.2) is 0 Å². The first-order valence-electron chi connectivity index (χ1n) is 7.04. The minimum absolute atomic E-state index is 0.307. The van der Waals surface area contributed by atoms with Gasteiger partial charge in [0.1, 0.15) is 0 Å². The second-order valence-electron chi connectivity index (χ2n) is 5.51. The molecule has 0 aliphatic heterocycles. The van der Waals surface area contributed by atoms with E-state index in [1.165, 1.54) is 11.1 Å². The fourth-order valence-corrected chi connectivity index (χ4v) is 2.74. The van der Waals surface area contributed by atoms with Crippen LogP contribution < -0.4 is 0 Å². The Balaban J connectivity index is 2.31. The highest BCUT2D eigenvalue weighted by Gasteiger charge is 2.24. The number of hydrogen-bond donors (Lipinski definition) is 1. The molecular formula is C18H21ClS. The Morgan fingerprint density at radius 1 is 1.00 bits per heavy atom. The number of benzene rings is 2. The second kappa shape index (κ2) is 6.24. The zero-order valence-electron chi connectivity index (χ0n) is 12.2. The van der Waals surface area contributed by atoms with Crippen molar-refractivity contribution in [2.24, 2.45) is 0 Å². The summed E-state index contributed by atoms with van der Waals surface area (Å²) in [5, 5.41) is 0.755. The number of rotatable bonds is 4. The number of hydrogen-bond acceptors (Lipinski definition) is 1. The van der Waals surface area contributed by atoms with E-state index in [0.29, 0.717) is 5.92 Å². The average Bonchev–Trinajstić information content (AvgIpc) is 2.47. The molecule has 0 aromatic heterocycles. The summed E-state index contributed by atoms with van der Waals surface area (Å²) in [5.74, 6) is 0.603. The third-order valence-electron chi connectivity index (χ3n) is 4.06. The molecule has 0 heterocycles. The van der Waals surface area contributed by atoms with Crippen molar-refractivity contribution in [3.8, 4) is 0 Å². The lowest BCUT2D eigenvalue weighted by atomic mass is 9.89. The highest BCUT2D eigenvalue weighted by Crippen LogP contribution is 2.36. The van der Waals surface area contributed by atoms with E-state index in [2.05, 4.69) is 45.0 Å². The van der Waals surface area contributed by atoms with E-state index in [0.717, 1.165) is 17.0 Å². The molecule has 0 nitrogen and oxygen atoms in total. The summed E-state index contributed by atoms with van der Waals surface area (Å²) in [5.41, 5.74) is 3.74. The van der Waals surface area contributed by atoms with E-state index < -0.39 is 0 Å². The van der Waals surface area contributed by atoms with Gasteiger partial charge in [0.15, 0.2) is 0 Å². The Kier molecular flexibility index (Phi) is 4.82. The van der Waals surface area contributed by atoms with Crippen molar-refractivity contribution in [2.75, 3.05) is 0 Å². The van der Waals surface area contributed by atoms with Crippen molar-refractivity contribution in [3.63, 3.8) is 0 Å². The quantitative estimate of drug-likeness (QED) is 0.653. The van der Waals surface area contributed by atoms with Crippen LogP contribution in [0.5, 0.6) is 0 Å². The zero-order valence-corrected chi connectivity index (χ0v) is 13.9. The van der Waals surface area contributed by atoms with Gasteiger partial charge in [-0.05, 0) is 48.1 Å². The van der Waals surface area contributed by atoms with Crippen LogP contribution in [0.1, 0.15) is 49.8 Å². The van der Waals surface area contributed by atoms with Crippen LogP contribution in [0.25, 0.3) is 0 Å². The second-order valence-corrected chi connectivity index (χ2v) is 6.84. The number of halogens is 1. The molecule has 106 valence electrons. The molecule has 2 unspecified atom stereocenters. The van der Waals surface area contributed by atoms with Gasteiger partial charge < -0.3 is 0 Å². The molecule has 2 aromatic rings. The smallest absolute Gasteiger partial charge is 0.0598 e. The van der Waals surface area contributed by atoms with Gasteiger partial charge in [-0.2, -0.15) is 12.6 Å². The van der Waals surface area contributed by atoms with Crippen LogP contribution in [-0.2, 0) is 4.75 Å². The SMILES string of the molecule is CCC(C)c1ccc(C(C)(S)c2ccc(Cl)cc2)cc1. The summed E-state index contributed by atoms with van der Waals surface area (Å²) >= 11 is 10.8. The van der Waals surface area contributed by atoms with Crippen molar-refractivity contribution < 1.29 is 0 Å². The molecule has 0 spiro atoms. The molecule has 0 aliphatic carbocycles. The van der Waals surface area contributed by atoms with Crippen molar-refractivity contribution in [3.05, 3.63) is 70.2 Å². The largest absolute Gasteiger partial charge is 0.163 e. The predicted molar refractivity (Wildman–Crippen MR) is 92.0 cm³/mol. The van der Waals surface area contributed by atoms with Crippen LogP contribution in [0, 0.1) is 0 Å². The van der Waals surface area contributed by atoms with Crippen LogP contribution in [0.3, 0.4) is 0 Å². The normalized spacial score (nSPS) is 15.7. The lowest BCUT2D eigenvalue weighted by Gasteiger charge is -2.25. The first kappa shape index (κ1) is 15.5. The molecule has 0 saturated heterocycles. The topological polar surface area (TPSA) is 0 Å². The molecule has 0 N–H and O–H groups in total. The maximum absolute atomic E-state index is 5.95. The van der Waals surface area contributed by atoms with Crippen LogP contribution in [0.4, 0.5) is 0 Å². The highest BCUT2D eigenvalue weighted by molar-refractivity contribution is 7.81. The summed E-state index contributed by atoms with van der Waals surface area (Å²) in [7, 11) is 0. The third-order valence-corrected chi connectivity index (χ3v) is 4.83. The van der Waals surface area contributed by atoms with E-state index in [9.17, 15) is 0 Å². The lowest BCUT2D eigenvalue weighted by molar-refractivity contribution is 0.731. The van der Waals surface area contributed by atoms with Crippen LogP contribution in [-0.4, -0.2) is 0 Å². The van der Waals surface area contributed by atoms with Gasteiger partial charge in [-0.15, -0.1) is 0 Å². The van der Waals surface area contributed by atoms with E-state index in [1.54, 1.807) is 0 Å². The average molecular weight is 305 g/mol. The molecule has 0 radical (unpaired) electrons. The predicted octanol–water partition coefficient (Wildman–Crippen LogP) is 6.05. The Morgan fingerprint density at radius 3 is 1.90 bits per heavy atom. The number of thiol groups is 1. The van der Waals surface area contributed by atoms with E-state index in [1.807, 2.05) is 24.3 Å². The van der Waals surface area contributed by atoms with Gasteiger partial charge in [0.05, 0.1) is 4.75 Å². The van der Waals surface area contributed by atoms with Gasteiger partial charge in [0.25, 0.3) is 0 Å². The van der Waals surface area contributed by atoms with E-state index in [4.69, 9.17) is 24.2 Å². The Bertz CT molecular complexity index is 555. The minimum Gasteiger partial charge on any atom is -0.163 e. The standard InChI is InChI=1S/C18H21ClS/c1-4-13(2)14-5-7-15(8-6-14)18(3,20)16-9-11-17(19)12-10-16/h5-13,20H,4H2,1-3H3. The summed E-state index contributed by atoms with van der Waals surface area (Å²) in [6.07, 6.45) is 1.16. The van der Waals surface area contributed by atoms with Crippen molar-refractivity contribution in [2.45, 2.75) is 37.9 Å². The Hall–Kier alpha value is -0.920. The minimum atomic E-state index is -0.307.